The van der Waals surface area contributed by atoms with Crippen molar-refractivity contribution >= 4 is 17.6 Å². The Labute approximate surface area is 196 Å². The summed E-state index contributed by atoms with van der Waals surface area (Å²) in [7, 11) is 0. The van der Waals surface area contributed by atoms with Crippen LogP contribution in [0.5, 0.6) is 0 Å². The van der Waals surface area contributed by atoms with E-state index in [0.29, 0.717) is 30.9 Å². The smallest absolute Gasteiger partial charge is 0.283 e. The van der Waals surface area contributed by atoms with Crippen LogP contribution in [0.15, 0.2) is 29.3 Å². The molecule has 0 bridgehead atoms. The van der Waals surface area contributed by atoms with Crippen molar-refractivity contribution in [2.75, 3.05) is 25.2 Å². The largest absolute Gasteiger partial charge is 0.462 e. The molecule has 2 aliphatic heterocycles. The first-order chi connectivity index (χ1) is 16.0. The number of nitrogens with two attached hydrogens (primary N) is 1. The van der Waals surface area contributed by atoms with E-state index in [9.17, 15) is 9.18 Å². The summed E-state index contributed by atoms with van der Waals surface area (Å²) in [5.41, 5.74) is 5.75. The van der Waals surface area contributed by atoms with Crippen molar-refractivity contribution in [3.63, 3.8) is 0 Å². The van der Waals surface area contributed by atoms with Gasteiger partial charge in [-0.05, 0) is 30.5 Å². The van der Waals surface area contributed by atoms with Gasteiger partial charge in [-0.2, -0.15) is 0 Å². The topological polar surface area (TPSA) is 85.9 Å². The molecule has 0 unspecified atom stereocenters. The average Bonchev–Trinajstić information content (AvgIpc) is 2.82. The van der Waals surface area contributed by atoms with Crippen LogP contribution in [0.25, 0.3) is 0 Å². The summed E-state index contributed by atoms with van der Waals surface area (Å²) in [6, 6.07) is 7.41. The van der Waals surface area contributed by atoms with Gasteiger partial charge in [0.1, 0.15) is 18.3 Å². The van der Waals surface area contributed by atoms with Gasteiger partial charge >= 0.3 is 0 Å². The predicted octanol–water partition coefficient (Wildman–Crippen LogP) is 5.07. The van der Waals surface area contributed by atoms with Crippen molar-refractivity contribution in [3.05, 3.63) is 29.8 Å². The zero-order chi connectivity index (χ0) is 23.3. The number of nitrogens with one attached hydrogen (secondary N) is 1. The maximum absolute atomic E-state index is 14.7. The van der Waals surface area contributed by atoms with E-state index in [2.05, 4.69) is 17.2 Å². The molecule has 1 saturated carbocycles. The minimum atomic E-state index is -1.17. The molecule has 1 aromatic rings. The van der Waals surface area contributed by atoms with Crippen molar-refractivity contribution in [1.82, 2.24) is 0 Å². The van der Waals surface area contributed by atoms with Crippen molar-refractivity contribution < 1.29 is 18.7 Å². The van der Waals surface area contributed by atoms with Crippen LogP contribution >= 0.6 is 0 Å². The summed E-state index contributed by atoms with van der Waals surface area (Å²) < 4.78 is 26.1. The summed E-state index contributed by atoms with van der Waals surface area (Å²) in [5, 5.41) is 3.14. The highest BCUT2D eigenvalue weighted by Gasteiger charge is 2.50. The molecule has 0 aromatic heterocycles. The lowest BCUT2D eigenvalue weighted by Crippen LogP contribution is -2.54. The fourth-order valence-corrected chi connectivity index (χ4v) is 5.66. The van der Waals surface area contributed by atoms with Gasteiger partial charge in [0.25, 0.3) is 6.02 Å². The zero-order valence-electron chi connectivity index (χ0n) is 19.8. The van der Waals surface area contributed by atoms with Crippen LogP contribution in [0.3, 0.4) is 0 Å². The molecule has 2 heterocycles. The number of nitrogens with zero attached hydrogens (tertiary/aromatic N) is 1. The second-order valence-electron chi connectivity index (χ2n) is 10.2. The highest BCUT2D eigenvalue weighted by atomic mass is 19.1. The molecule has 1 amide bonds. The first kappa shape index (κ1) is 24.0. The monoisotopic (exact) mass is 459 g/mol. The fourth-order valence-electron chi connectivity index (χ4n) is 5.66. The molecule has 3 atom stereocenters. The van der Waals surface area contributed by atoms with Gasteiger partial charge < -0.3 is 20.5 Å². The summed E-state index contributed by atoms with van der Waals surface area (Å²) in [4.78, 5) is 17.9. The van der Waals surface area contributed by atoms with Crippen molar-refractivity contribution in [1.29, 1.82) is 0 Å². The molecular formula is C26H38FN3O3. The number of ether oxygens (including phenoxy) is 2. The molecule has 3 aliphatic rings. The number of carbonyl (C=O) groups is 1. The van der Waals surface area contributed by atoms with E-state index in [1.165, 1.54) is 32.1 Å². The maximum atomic E-state index is 14.7. The molecule has 4 rings (SSSR count). The Hall–Kier alpha value is -2.15. The molecule has 1 saturated heterocycles. The van der Waals surface area contributed by atoms with Gasteiger partial charge in [0.05, 0.1) is 19.1 Å². The van der Waals surface area contributed by atoms with Crippen molar-refractivity contribution in [2.24, 2.45) is 22.1 Å². The fraction of sp³-hybridized carbons (Fsp3) is 0.692. The van der Waals surface area contributed by atoms with Crippen molar-refractivity contribution in [3.8, 4) is 0 Å². The lowest BCUT2D eigenvalue weighted by Gasteiger charge is -2.45. The number of hydrogen-bond donors (Lipinski definition) is 2. The molecular weight excluding hydrogens is 421 g/mol. The molecule has 6 nitrogen and oxygen atoms in total. The van der Waals surface area contributed by atoms with E-state index < -0.39 is 17.6 Å². The SMILES string of the molecule is CC1(C(=O)Nc2cccc([C@@]3(CF)N=C(N)O[C@@H]4CCOC[C@@H]43)c2)CCCCCCCCC1. The van der Waals surface area contributed by atoms with Crippen LogP contribution in [0.1, 0.15) is 76.7 Å². The quantitative estimate of drug-likeness (QED) is 0.658. The van der Waals surface area contributed by atoms with E-state index >= 15 is 0 Å². The van der Waals surface area contributed by atoms with Crippen LogP contribution in [-0.2, 0) is 19.8 Å². The molecule has 182 valence electrons. The maximum Gasteiger partial charge on any atom is 0.283 e. The number of alkyl halides is 1. The van der Waals surface area contributed by atoms with Gasteiger partial charge in [0.15, 0.2) is 0 Å². The number of hydrogen-bond acceptors (Lipinski definition) is 5. The molecule has 1 aliphatic carbocycles. The van der Waals surface area contributed by atoms with Crippen LogP contribution in [0, 0.1) is 11.3 Å². The molecule has 0 spiro atoms. The molecule has 0 radical (unpaired) electrons. The Bertz CT molecular complexity index is 851. The predicted molar refractivity (Wildman–Crippen MR) is 128 cm³/mol. The normalized spacial score (nSPS) is 30.3. The van der Waals surface area contributed by atoms with E-state index in [1.54, 1.807) is 0 Å². The summed E-state index contributed by atoms with van der Waals surface area (Å²) in [6.07, 6.45) is 10.5. The van der Waals surface area contributed by atoms with Gasteiger partial charge in [0.2, 0.25) is 5.91 Å². The Morgan fingerprint density at radius 2 is 1.88 bits per heavy atom. The number of carbonyl (C=O) groups excluding carboxylic acids is 1. The average molecular weight is 460 g/mol. The van der Waals surface area contributed by atoms with Crippen LogP contribution in [0.2, 0.25) is 0 Å². The Balaban J connectivity index is 1.56. The highest BCUT2D eigenvalue weighted by molar-refractivity contribution is 5.95. The lowest BCUT2D eigenvalue weighted by molar-refractivity contribution is -0.125. The van der Waals surface area contributed by atoms with Crippen molar-refractivity contribution in [2.45, 2.75) is 82.8 Å². The van der Waals surface area contributed by atoms with Gasteiger partial charge in [-0.25, -0.2) is 9.38 Å². The van der Waals surface area contributed by atoms with Gasteiger partial charge in [-0.3, -0.25) is 4.79 Å². The van der Waals surface area contributed by atoms with Crippen LogP contribution in [-0.4, -0.2) is 37.9 Å². The van der Waals surface area contributed by atoms with Crippen LogP contribution in [0.4, 0.5) is 10.1 Å². The second-order valence-corrected chi connectivity index (χ2v) is 10.2. The molecule has 1 aromatic carbocycles. The summed E-state index contributed by atoms with van der Waals surface area (Å²) in [6.45, 7) is 2.30. The first-order valence-electron chi connectivity index (χ1n) is 12.5. The number of halogens is 1. The standard InChI is InChI=1S/C26H38FN3O3/c1-25(13-7-5-3-2-4-6-8-14-25)23(31)29-20-11-9-10-19(16-20)26(18-27)21-17-32-15-12-22(21)33-24(28)30-26/h9-11,16,21-22H,2-8,12-15,17-18H2,1H3,(H2,28,30)(H,29,31)/t21-,22+,26+/m0/s1. The van der Waals surface area contributed by atoms with Gasteiger partial charge in [-0.15, -0.1) is 0 Å². The van der Waals surface area contributed by atoms with E-state index in [0.717, 1.165) is 25.7 Å². The Morgan fingerprint density at radius 3 is 2.58 bits per heavy atom. The van der Waals surface area contributed by atoms with E-state index in [-0.39, 0.29) is 24.0 Å². The lowest BCUT2D eigenvalue weighted by atomic mass is 9.74. The molecule has 3 N–H and O–H groups in total. The second kappa shape index (κ2) is 10.4. The number of rotatable bonds is 4. The number of fused-ring (bicyclic) bond motifs is 1. The number of aliphatic imine (C=N–C) groups is 1. The third-order valence-corrected chi connectivity index (χ3v) is 7.82. The van der Waals surface area contributed by atoms with Gasteiger partial charge in [0, 0.05) is 17.5 Å². The van der Waals surface area contributed by atoms with Gasteiger partial charge in [-0.1, -0.05) is 64.0 Å². The molecule has 7 heteroatoms. The van der Waals surface area contributed by atoms with Crippen LogP contribution < -0.4 is 11.1 Å². The van der Waals surface area contributed by atoms with E-state index in [1.807, 2.05) is 24.3 Å². The number of amides is 1. The number of benzene rings is 1. The van der Waals surface area contributed by atoms with E-state index in [4.69, 9.17) is 15.2 Å². The third kappa shape index (κ3) is 5.18. The molecule has 2 fully saturated rings. The third-order valence-electron chi connectivity index (χ3n) is 7.82. The minimum absolute atomic E-state index is 0.0132. The molecule has 33 heavy (non-hydrogen) atoms. The Morgan fingerprint density at radius 1 is 1.18 bits per heavy atom. The highest BCUT2D eigenvalue weighted by Crippen LogP contribution is 2.44. The summed E-state index contributed by atoms with van der Waals surface area (Å²) >= 11 is 0. The zero-order valence-corrected chi connectivity index (χ0v) is 19.8. The number of amidine groups is 1. The number of anilines is 1. The Kier molecular flexibility index (Phi) is 7.57. The summed E-state index contributed by atoms with van der Waals surface area (Å²) in [5.74, 6) is -0.228. The first-order valence-corrected chi connectivity index (χ1v) is 12.5. The minimum Gasteiger partial charge on any atom is -0.462 e.